The van der Waals surface area contributed by atoms with Crippen LogP contribution in [-0.2, 0) is 9.53 Å². The van der Waals surface area contributed by atoms with Crippen LogP contribution in [0.2, 0.25) is 0 Å². The minimum Gasteiger partial charge on any atom is -0.387 e. The topological polar surface area (TPSA) is 151 Å². The fourth-order valence-corrected chi connectivity index (χ4v) is 3.91. The maximum absolute atomic E-state index is 12.5. The molecule has 4 N–H and O–H groups in total. The van der Waals surface area contributed by atoms with E-state index < -0.39 is 41.7 Å². The van der Waals surface area contributed by atoms with Crippen LogP contribution in [0, 0.1) is 0 Å². The van der Waals surface area contributed by atoms with Gasteiger partial charge in [-0.15, -0.1) is 0 Å². The summed E-state index contributed by atoms with van der Waals surface area (Å²) in [6.07, 6.45) is -3.93. The Morgan fingerprint density at radius 1 is 0.914 bits per heavy atom. The molecule has 1 saturated heterocycles. The number of H-pyrrole nitrogens is 1. The van der Waals surface area contributed by atoms with Gasteiger partial charge in [-0.3, -0.25) is 23.9 Å². The highest BCUT2D eigenvalue weighted by Crippen LogP contribution is 2.28. The van der Waals surface area contributed by atoms with Crippen molar-refractivity contribution in [3.63, 3.8) is 0 Å². The highest BCUT2D eigenvalue weighted by atomic mass is 16.6. The Labute approximate surface area is 199 Å². The number of carbonyl (C=O) groups excluding carboxylic acids is 2. The third-order valence-electron chi connectivity index (χ3n) is 5.86. The highest BCUT2D eigenvalue weighted by molar-refractivity contribution is 5.98. The van der Waals surface area contributed by atoms with E-state index in [2.05, 4.69) is 5.32 Å². The molecule has 10 nitrogen and oxygen atoms in total. The second-order valence-corrected chi connectivity index (χ2v) is 8.23. The average Bonchev–Trinajstić information content (AvgIpc) is 3.15. The van der Waals surface area contributed by atoms with Crippen molar-refractivity contribution >= 4 is 11.7 Å². The zero-order valence-electron chi connectivity index (χ0n) is 18.7. The number of aromatic nitrogens is 2. The first-order valence-corrected chi connectivity index (χ1v) is 11.1. The van der Waals surface area contributed by atoms with Gasteiger partial charge in [0.1, 0.15) is 18.3 Å². The van der Waals surface area contributed by atoms with Crippen LogP contribution in [0.3, 0.4) is 0 Å². The van der Waals surface area contributed by atoms with Crippen LogP contribution < -0.4 is 16.6 Å². The molecule has 0 radical (unpaired) electrons. The number of benzene rings is 2. The van der Waals surface area contributed by atoms with Crippen molar-refractivity contribution in [2.24, 2.45) is 0 Å². The Kier molecular flexibility index (Phi) is 7.35. The lowest BCUT2D eigenvalue weighted by Crippen LogP contribution is -2.40. The summed E-state index contributed by atoms with van der Waals surface area (Å²) in [4.78, 5) is 49.9. The van der Waals surface area contributed by atoms with Crippen molar-refractivity contribution < 1.29 is 24.5 Å². The molecule has 0 aliphatic carbocycles. The first kappa shape index (κ1) is 24.3. The van der Waals surface area contributed by atoms with E-state index in [1.54, 1.807) is 12.1 Å². The molecule has 2 heterocycles. The molecule has 1 amide bonds. The average molecular weight is 479 g/mol. The van der Waals surface area contributed by atoms with Crippen molar-refractivity contribution in [2.45, 2.75) is 37.4 Å². The van der Waals surface area contributed by atoms with Crippen LogP contribution in [0.1, 0.15) is 29.4 Å². The molecule has 1 aromatic heterocycles. The molecular weight excluding hydrogens is 454 g/mol. The van der Waals surface area contributed by atoms with Gasteiger partial charge in [-0.2, -0.15) is 0 Å². The lowest BCUT2D eigenvalue weighted by atomic mass is 10.0. The van der Waals surface area contributed by atoms with Crippen LogP contribution in [0.4, 0.5) is 0 Å². The van der Waals surface area contributed by atoms with Crippen LogP contribution in [-0.4, -0.2) is 56.3 Å². The summed E-state index contributed by atoms with van der Waals surface area (Å²) in [7, 11) is 0. The Bertz CT molecular complexity index is 1300. The van der Waals surface area contributed by atoms with Gasteiger partial charge < -0.3 is 20.3 Å². The minimum atomic E-state index is -1.44. The summed E-state index contributed by atoms with van der Waals surface area (Å²) in [5, 5.41) is 23.1. The van der Waals surface area contributed by atoms with E-state index in [1.807, 2.05) is 47.4 Å². The standard InChI is InChI=1S/C25H25N3O7/c29-18(17-8-6-16(7-9-17)15-4-2-1-3-5-15)10-11-20(30)26-14-19-22(32)23(33)24(35-19)28-13-12-21(31)27-25(28)34/h1-9,12-13,19,22-24,32-33H,10-11,14H2,(H,26,30)(H,27,31,34)/t19-,22-,23-,24-/m1/s1. The van der Waals surface area contributed by atoms with E-state index in [-0.39, 0.29) is 25.2 Å². The molecule has 3 aromatic rings. The summed E-state index contributed by atoms with van der Waals surface area (Å²) in [5.74, 6) is -0.598. The predicted octanol–water partition coefficient (Wildman–Crippen LogP) is 0.602. The Balaban J connectivity index is 1.27. The first-order valence-electron chi connectivity index (χ1n) is 11.1. The number of carbonyl (C=O) groups is 2. The second-order valence-electron chi connectivity index (χ2n) is 8.23. The smallest absolute Gasteiger partial charge is 0.330 e. The van der Waals surface area contributed by atoms with Gasteiger partial charge in [0.15, 0.2) is 12.0 Å². The molecule has 1 aliphatic rings. The van der Waals surface area contributed by atoms with Gasteiger partial charge in [-0.05, 0) is 11.1 Å². The number of aliphatic hydroxyl groups excluding tert-OH is 2. The zero-order valence-corrected chi connectivity index (χ0v) is 18.7. The lowest BCUT2D eigenvalue weighted by molar-refractivity contribution is -0.122. The Morgan fingerprint density at radius 2 is 1.60 bits per heavy atom. The normalized spacial score (nSPS) is 21.5. The van der Waals surface area contributed by atoms with Crippen molar-refractivity contribution in [3.05, 3.63) is 93.3 Å². The molecule has 0 unspecified atom stereocenters. The molecule has 1 fully saturated rings. The number of ether oxygens (including phenoxy) is 1. The number of ketones is 1. The highest BCUT2D eigenvalue weighted by Gasteiger charge is 2.44. The van der Waals surface area contributed by atoms with Crippen molar-refractivity contribution in [2.75, 3.05) is 6.54 Å². The van der Waals surface area contributed by atoms with Gasteiger partial charge in [0.2, 0.25) is 5.91 Å². The van der Waals surface area contributed by atoms with E-state index in [9.17, 15) is 29.4 Å². The third-order valence-corrected chi connectivity index (χ3v) is 5.86. The number of nitrogens with zero attached hydrogens (tertiary/aromatic N) is 1. The molecule has 4 rings (SSSR count). The monoisotopic (exact) mass is 479 g/mol. The number of aromatic amines is 1. The molecular formula is C25H25N3O7. The van der Waals surface area contributed by atoms with E-state index in [0.717, 1.165) is 28.0 Å². The number of hydrogen-bond acceptors (Lipinski definition) is 7. The zero-order chi connectivity index (χ0) is 24.9. The number of aliphatic hydroxyl groups is 2. The van der Waals surface area contributed by atoms with Crippen LogP contribution >= 0.6 is 0 Å². The van der Waals surface area contributed by atoms with E-state index in [0.29, 0.717) is 5.56 Å². The summed E-state index contributed by atoms with van der Waals surface area (Å²) in [6, 6.07) is 18.0. The van der Waals surface area contributed by atoms with Gasteiger partial charge in [-0.25, -0.2) is 4.79 Å². The van der Waals surface area contributed by atoms with E-state index in [1.165, 1.54) is 0 Å². The van der Waals surface area contributed by atoms with Crippen molar-refractivity contribution in [1.82, 2.24) is 14.9 Å². The van der Waals surface area contributed by atoms with Gasteiger partial charge in [0, 0.05) is 37.2 Å². The molecule has 0 bridgehead atoms. The molecule has 2 aromatic carbocycles. The van der Waals surface area contributed by atoms with Gasteiger partial charge in [0.05, 0.1) is 0 Å². The summed E-state index contributed by atoms with van der Waals surface area (Å²) < 4.78 is 6.50. The SMILES string of the molecule is O=C(CCC(=O)c1ccc(-c2ccccc2)cc1)NC[C@H]1O[C@@H](n2ccc(=O)[nH]c2=O)[C@H](O)[C@@H]1O. The van der Waals surface area contributed by atoms with Crippen LogP contribution in [0.5, 0.6) is 0 Å². The van der Waals surface area contributed by atoms with Gasteiger partial charge in [0.25, 0.3) is 5.56 Å². The van der Waals surface area contributed by atoms with Crippen molar-refractivity contribution in [3.8, 4) is 11.1 Å². The second kappa shape index (κ2) is 10.6. The minimum absolute atomic E-state index is 0.00260. The van der Waals surface area contributed by atoms with Crippen molar-refractivity contribution in [1.29, 1.82) is 0 Å². The molecule has 182 valence electrons. The molecule has 4 atom stereocenters. The molecule has 10 heteroatoms. The number of hydrogen-bond donors (Lipinski definition) is 4. The van der Waals surface area contributed by atoms with Crippen LogP contribution in [0.15, 0.2) is 76.4 Å². The molecule has 0 spiro atoms. The maximum atomic E-state index is 12.5. The number of rotatable bonds is 8. The Hall–Kier alpha value is -3.86. The quantitative estimate of drug-likeness (QED) is 0.346. The van der Waals surface area contributed by atoms with Gasteiger partial charge in [-0.1, -0.05) is 54.6 Å². The van der Waals surface area contributed by atoms with E-state index >= 15 is 0 Å². The number of Topliss-reactive ketones (excluding diaryl/α,β-unsaturated/α-hetero) is 1. The molecule has 1 aliphatic heterocycles. The van der Waals surface area contributed by atoms with E-state index in [4.69, 9.17) is 4.74 Å². The predicted molar refractivity (Wildman–Crippen MR) is 126 cm³/mol. The summed E-state index contributed by atoms with van der Waals surface area (Å²) in [6.45, 7) is -0.133. The fourth-order valence-electron chi connectivity index (χ4n) is 3.91. The third kappa shape index (κ3) is 5.62. The van der Waals surface area contributed by atoms with Gasteiger partial charge >= 0.3 is 5.69 Å². The maximum Gasteiger partial charge on any atom is 0.330 e. The summed E-state index contributed by atoms with van der Waals surface area (Å²) in [5.41, 5.74) is 1.13. The lowest BCUT2D eigenvalue weighted by Gasteiger charge is -2.16. The Morgan fingerprint density at radius 3 is 2.29 bits per heavy atom. The van der Waals surface area contributed by atoms with Crippen LogP contribution in [0.25, 0.3) is 11.1 Å². The molecule has 0 saturated carbocycles. The molecule has 35 heavy (non-hydrogen) atoms. The fraction of sp³-hybridized carbons (Fsp3) is 0.280. The summed E-state index contributed by atoms with van der Waals surface area (Å²) >= 11 is 0. The number of nitrogens with one attached hydrogen (secondary N) is 2. The largest absolute Gasteiger partial charge is 0.387 e. The number of amides is 1. The first-order chi connectivity index (χ1) is 16.8.